The maximum atomic E-state index is 10.0. The smallest absolute Gasteiger partial charge is 0.302 e. The number of ether oxygens (including phenoxy) is 1. The molecule has 0 aromatic rings. The first-order chi connectivity index (χ1) is 5.40. The molecule has 0 aliphatic carbocycles. The SMILES string of the molecule is CC(=O)OC(C)C.CN(C)C=O. The molecule has 0 aromatic carbocycles. The van der Waals surface area contributed by atoms with Crippen molar-refractivity contribution < 1.29 is 14.3 Å². The first kappa shape index (κ1) is 13.5. The fourth-order valence-electron chi connectivity index (χ4n) is 0.332. The Kier molecular flexibility index (Phi) is 9.06. The lowest BCUT2D eigenvalue weighted by molar-refractivity contribution is -0.144. The Morgan fingerprint density at radius 1 is 1.42 bits per heavy atom. The lowest BCUT2D eigenvalue weighted by Gasteiger charge is -2.01. The van der Waals surface area contributed by atoms with Crippen molar-refractivity contribution in [2.45, 2.75) is 26.9 Å². The molecule has 0 aromatic heterocycles. The molecule has 0 atom stereocenters. The lowest BCUT2D eigenvalue weighted by atomic mass is 10.5. The molecule has 4 nitrogen and oxygen atoms in total. The minimum absolute atomic E-state index is 0.0255. The van der Waals surface area contributed by atoms with Crippen LogP contribution in [-0.2, 0) is 14.3 Å². The van der Waals surface area contributed by atoms with Crippen molar-refractivity contribution in [2.24, 2.45) is 0 Å². The van der Waals surface area contributed by atoms with Gasteiger partial charge in [-0.2, -0.15) is 0 Å². The molecule has 0 saturated heterocycles. The van der Waals surface area contributed by atoms with Crippen molar-refractivity contribution in [2.75, 3.05) is 14.1 Å². The summed E-state index contributed by atoms with van der Waals surface area (Å²) in [5.74, 6) is -0.213. The van der Waals surface area contributed by atoms with Gasteiger partial charge in [0.15, 0.2) is 0 Å². The predicted molar refractivity (Wildman–Crippen MR) is 46.7 cm³/mol. The molecular formula is C8H17NO3. The van der Waals surface area contributed by atoms with Crippen molar-refractivity contribution in [1.29, 1.82) is 0 Å². The third-order valence-electron chi connectivity index (χ3n) is 0.612. The average molecular weight is 175 g/mol. The van der Waals surface area contributed by atoms with Gasteiger partial charge in [0.1, 0.15) is 0 Å². The van der Waals surface area contributed by atoms with Crippen LogP contribution < -0.4 is 0 Å². The van der Waals surface area contributed by atoms with Gasteiger partial charge in [-0.3, -0.25) is 9.59 Å². The van der Waals surface area contributed by atoms with Gasteiger partial charge in [0.25, 0.3) is 0 Å². The van der Waals surface area contributed by atoms with Crippen molar-refractivity contribution in [1.82, 2.24) is 4.90 Å². The van der Waals surface area contributed by atoms with Gasteiger partial charge in [-0.15, -0.1) is 0 Å². The maximum absolute atomic E-state index is 10.0. The third kappa shape index (κ3) is 23.1. The number of hydrogen-bond donors (Lipinski definition) is 0. The highest BCUT2D eigenvalue weighted by Crippen LogP contribution is 1.85. The molecule has 0 saturated carbocycles. The molecule has 0 fully saturated rings. The fourth-order valence-corrected chi connectivity index (χ4v) is 0.332. The highest BCUT2D eigenvalue weighted by Gasteiger charge is 1.93. The van der Waals surface area contributed by atoms with Crippen molar-refractivity contribution >= 4 is 12.4 Å². The highest BCUT2D eigenvalue weighted by molar-refractivity contribution is 5.66. The molecule has 0 spiro atoms. The standard InChI is InChI=1S/C5H10O2.C3H7NO/c1-4(2)7-5(3)6;1-4(2)3-5/h4H,1-3H3;3H,1-2H3. The largest absolute Gasteiger partial charge is 0.463 e. The van der Waals surface area contributed by atoms with Crippen molar-refractivity contribution in [3.05, 3.63) is 0 Å². The van der Waals surface area contributed by atoms with E-state index < -0.39 is 0 Å². The summed E-state index contributed by atoms with van der Waals surface area (Å²) in [5, 5.41) is 0. The Hall–Kier alpha value is -1.06. The molecule has 72 valence electrons. The van der Waals surface area contributed by atoms with E-state index in [2.05, 4.69) is 4.74 Å². The van der Waals surface area contributed by atoms with Crippen LogP contribution in [0, 0.1) is 0 Å². The molecule has 0 bridgehead atoms. The minimum atomic E-state index is -0.213. The number of esters is 1. The normalized spacial score (nSPS) is 8.17. The number of rotatable bonds is 2. The van der Waals surface area contributed by atoms with Gasteiger partial charge in [0, 0.05) is 21.0 Å². The van der Waals surface area contributed by atoms with Crippen LogP contribution in [0.5, 0.6) is 0 Å². The molecular weight excluding hydrogens is 158 g/mol. The van der Waals surface area contributed by atoms with Gasteiger partial charge in [0.2, 0.25) is 6.41 Å². The van der Waals surface area contributed by atoms with Crippen LogP contribution in [0.4, 0.5) is 0 Å². The molecule has 0 N–H and O–H groups in total. The Balaban J connectivity index is 0. The number of hydrogen-bond acceptors (Lipinski definition) is 3. The van der Waals surface area contributed by atoms with Crippen LogP contribution in [-0.4, -0.2) is 37.5 Å². The number of nitrogens with zero attached hydrogens (tertiary/aromatic N) is 1. The van der Waals surface area contributed by atoms with Gasteiger partial charge >= 0.3 is 5.97 Å². The van der Waals surface area contributed by atoms with Crippen LogP contribution in [0.25, 0.3) is 0 Å². The number of carbonyl (C=O) groups excluding carboxylic acids is 2. The Labute approximate surface area is 73.5 Å². The van der Waals surface area contributed by atoms with Gasteiger partial charge in [-0.05, 0) is 13.8 Å². The van der Waals surface area contributed by atoms with E-state index in [0.717, 1.165) is 6.41 Å². The monoisotopic (exact) mass is 175 g/mol. The van der Waals surface area contributed by atoms with E-state index in [1.165, 1.54) is 11.8 Å². The second kappa shape index (κ2) is 8.04. The summed E-state index contributed by atoms with van der Waals surface area (Å²) in [6.07, 6.45) is 0.775. The van der Waals surface area contributed by atoms with Gasteiger partial charge in [-0.1, -0.05) is 0 Å². The summed E-state index contributed by atoms with van der Waals surface area (Å²) in [7, 11) is 3.38. The fraction of sp³-hybridized carbons (Fsp3) is 0.750. The molecule has 1 amide bonds. The van der Waals surface area contributed by atoms with E-state index in [-0.39, 0.29) is 12.1 Å². The number of carbonyl (C=O) groups is 2. The molecule has 0 heterocycles. The van der Waals surface area contributed by atoms with Crippen molar-refractivity contribution in [3.63, 3.8) is 0 Å². The van der Waals surface area contributed by atoms with Gasteiger partial charge in [0.05, 0.1) is 6.10 Å². The van der Waals surface area contributed by atoms with E-state index in [9.17, 15) is 9.59 Å². The zero-order chi connectivity index (χ0) is 10.1. The summed E-state index contributed by atoms with van der Waals surface area (Å²) in [6.45, 7) is 5.04. The van der Waals surface area contributed by atoms with Crippen LogP contribution in [0.3, 0.4) is 0 Å². The minimum Gasteiger partial charge on any atom is -0.463 e. The summed E-state index contributed by atoms with van der Waals surface area (Å²) >= 11 is 0. The predicted octanol–water partition coefficient (Wildman–Crippen LogP) is 0.662. The van der Waals surface area contributed by atoms with Crippen LogP contribution in [0.2, 0.25) is 0 Å². The van der Waals surface area contributed by atoms with E-state index in [4.69, 9.17) is 0 Å². The van der Waals surface area contributed by atoms with E-state index in [1.807, 2.05) is 13.8 Å². The Bertz CT molecular complexity index is 132. The van der Waals surface area contributed by atoms with Gasteiger partial charge < -0.3 is 9.64 Å². The zero-order valence-corrected chi connectivity index (χ0v) is 8.33. The van der Waals surface area contributed by atoms with Crippen LogP contribution >= 0.6 is 0 Å². The van der Waals surface area contributed by atoms with Crippen molar-refractivity contribution in [3.8, 4) is 0 Å². The summed E-state index contributed by atoms with van der Waals surface area (Å²) < 4.78 is 4.61. The average Bonchev–Trinajstić information content (AvgIpc) is 1.85. The first-order valence-corrected chi connectivity index (χ1v) is 3.69. The molecule has 0 radical (unpaired) electrons. The Morgan fingerprint density at radius 3 is 1.75 bits per heavy atom. The van der Waals surface area contributed by atoms with Gasteiger partial charge in [-0.25, -0.2) is 0 Å². The quantitative estimate of drug-likeness (QED) is 0.457. The molecule has 12 heavy (non-hydrogen) atoms. The summed E-state index contributed by atoms with van der Waals surface area (Å²) in [6, 6.07) is 0. The van der Waals surface area contributed by atoms with Crippen LogP contribution in [0.15, 0.2) is 0 Å². The van der Waals surface area contributed by atoms with E-state index in [0.29, 0.717) is 0 Å². The molecule has 0 unspecified atom stereocenters. The van der Waals surface area contributed by atoms with E-state index in [1.54, 1.807) is 14.1 Å². The number of amides is 1. The third-order valence-corrected chi connectivity index (χ3v) is 0.612. The zero-order valence-electron chi connectivity index (χ0n) is 8.33. The first-order valence-electron chi connectivity index (χ1n) is 3.69. The summed E-state index contributed by atoms with van der Waals surface area (Å²) in [5.41, 5.74) is 0. The molecule has 0 aliphatic heterocycles. The second-order valence-electron chi connectivity index (χ2n) is 2.73. The topological polar surface area (TPSA) is 46.6 Å². The van der Waals surface area contributed by atoms with Crippen LogP contribution in [0.1, 0.15) is 20.8 Å². The molecule has 0 aliphatic rings. The van der Waals surface area contributed by atoms with E-state index >= 15 is 0 Å². The second-order valence-corrected chi connectivity index (χ2v) is 2.73. The summed E-state index contributed by atoms with van der Waals surface area (Å²) in [4.78, 5) is 20.9. The maximum Gasteiger partial charge on any atom is 0.302 e. The molecule has 0 rings (SSSR count). The molecule has 4 heteroatoms. The highest BCUT2D eigenvalue weighted by atomic mass is 16.5. The Morgan fingerprint density at radius 2 is 1.75 bits per heavy atom. The lowest BCUT2D eigenvalue weighted by Crippen LogP contribution is -2.06.